The Morgan fingerprint density at radius 2 is 2.40 bits per heavy atom. The SMILES string of the molecule is C[C@@H]1CCN[C@@H](C(N)=O)C1. The van der Waals surface area contributed by atoms with Crippen molar-refractivity contribution >= 4 is 5.91 Å². The van der Waals surface area contributed by atoms with Crippen molar-refractivity contribution in [2.45, 2.75) is 25.8 Å². The molecule has 2 atom stereocenters. The largest absolute Gasteiger partial charge is 0.368 e. The molecule has 0 radical (unpaired) electrons. The van der Waals surface area contributed by atoms with Crippen molar-refractivity contribution in [3.8, 4) is 0 Å². The van der Waals surface area contributed by atoms with E-state index < -0.39 is 0 Å². The number of hydrogen-bond donors (Lipinski definition) is 2. The van der Waals surface area contributed by atoms with Gasteiger partial charge in [0.2, 0.25) is 5.91 Å². The maximum Gasteiger partial charge on any atom is 0.234 e. The standard InChI is InChI=1S/C7H14N2O/c1-5-2-3-9-6(4-5)7(8)10/h5-6,9H,2-4H2,1H3,(H2,8,10)/t5-,6-/m1/s1. The van der Waals surface area contributed by atoms with Crippen molar-refractivity contribution in [2.24, 2.45) is 11.7 Å². The molecule has 1 heterocycles. The number of hydrogen-bond acceptors (Lipinski definition) is 2. The first-order valence-corrected chi connectivity index (χ1v) is 3.73. The Kier molecular flexibility index (Phi) is 2.27. The van der Waals surface area contributed by atoms with Crippen LogP contribution in [0.2, 0.25) is 0 Å². The second-order valence-corrected chi connectivity index (χ2v) is 3.04. The maximum absolute atomic E-state index is 10.7. The molecule has 1 amide bonds. The number of nitrogens with one attached hydrogen (secondary N) is 1. The van der Waals surface area contributed by atoms with E-state index in [-0.39, 0.29) is 11.9 Å². The Bertz CT molecular complexity index is 136. The molecule has 10 heavy (non-hydrogen) atoms. The lowest BCUT2D eigenvalue weighted by Crippen LogP contribution is -2.46. The van der Waals surface area contributed by atoms with Crippen LogP contribution in [0.1, 0.15) is 19.8 Å². The number of carbonyl (C=O) groups excluding carboxylic acids is 1. The highest BCUT2D eigenvalue weighted by molar-refractivity contribution is 5.79. The topological polar surface area (TPSA) is 55.1 Å². The first kappa shape index (κ1) is 7.54. The van der Waals surface area contributed by atoms with E-state index in [0.29, 0.717) is 5.92 Å². The third-order valence-corrected chi connectivity index (χ3v) is 2.01. The summed E-state index contributed by atoms with van der Waals surface area (Å²) in [4.78, 5) is 10.7. The highest BCUT2D eigenvalue weighted by Crippen LogP contribution is 2.14. The van der Waals surface area contributed by atoms with Crippen LogP contribution in [0.5, 0.6) is 0 Å². The fourth-order valence-electron chi connectivity index (χ4n) is 1.32. The predicted molar refractivity (Wildman–Crippen MR) is 39.4 cm³/mol. The first-order valence-electron chi connectivity index (χ1n) is 3.73. The zero-order chi connectivity index (χ0) is 7.56. The Balaban J connectivity index is 2.39. The van der Waals surface area contributed by atoms with Crippen LogP contribution < -0.4 is 11.1 Å². The highest BCUT2D eigenvalue weighted by Gasteiger charge is 2.21. The second kappa shape index (κ2) is 3.01. The van der Waals surface area contributed by atoms with Crippen LogP contribution in [0, 0.1) is 5.92 Å². The van der Waals surface area contributed by atoms with Crippen LogP contribution in [-0.4, -0.2) is 18.5 Å². The van der Waals surface area contributed by atoms with Gasteiger partial charge in [0.1, 0.15) is 0 Å². The van der Waals surface area contributed by atoms with E-state index >= 15 is 0 Å². The summed E-state index contributed by atoms with van der Waals surface area (Å²) in [6.07, 6.45) is 2.05. The summed E-state index contributed by atoms with van der Waals surface area (Å²) < 4.78 is 0. The van der Waals surface area contributed by atoms with E-state index in [1.165, 1.54) is 0 Å². The van der Waals surface area contributed by atoms with E-state index in [1.807, 2.05) is 0 Å². The molecule has 1 fully saturated rings. The minimum atomic E-state index is -0.216. The van der Waals surface area contributed by atoms with Crippen LogP contribution >= 0.6 is 0 Å². The summed E-state index contributed by atoms with van der Waals surface area (Å²) in [7, 11) is 0. The Morgan fingerprint density at radius 3 is 2.80 bits per heavy atom. The summed E-state index contributed by atoms with van der Waals surface area (Å²) >= 11 is 0. The van der Waals surface area contributed by atoms with Gasteiger partial charge in [-0.25, -0.2) is 0 Å². The molecule has 0 saturated carbocycles. The summed E-state index contributed by atoms with van der Waals surface area (Å²) in [5.74, 6) is 0.422. The molecule has 0 aromatic rings. The quantitative estimate of drug-likeness (QED) is 0.535. The van der Waals surface area contributed by atoms with Crippen LogP contribution in [0.15, 0.2) is 0 Å². The van der Waals surface area contributed by atoms with Gasteiger partial charge in [-0.1, -0.05) is 6.92 Å². The molecule has 3 N–H and O–H groups in total. The second-order valence-electron chi connectivity index (χ2n) is 3.04. The van der Waals surface area contributed by atoms with Crippen molar-refractivity contribution in [3.05, 3.63) is 0 Å². The van der Waals surface area contributed by atoms with Crippen LogP contribution in [0.25, 0.3) is 0 Å². The van der Waals surface area contributed by atoms with Crippen LogP contribution in [-0.2, 0) is 4.79 Å². The van der Waals surface area contributed by atoms with Gasteiger partial charge in [0.15, 0.2) is 0 Å². The van der Waals surface area contributed by atoms with Crippen molar-refractivity contribution in [1.29, 1.82) is 0 Å². The van der Waals surface area contributed by atoms with Gasteiger partial charge < -0.3 is 11.1 Å². The van der Waals surface area contributed by atoms with Crippen LogP contribution in [0.4, 0.5) is 0 Å². The third-order valence-electron chi connectivity index (χ3n) is 2.01. The molecule has 3 heteroatoms. The molecule has 1 saturated heterocycles. The average molecular weight is 142 g/mol. The average Bonchev–Trinajstić information content (AvgIpc) is 1.88. The predicted octanol–water partition coefficient (Wildman–Crippen LogP) is -0.140. The zero-order valence-corrected chi connectivity index (χ0v) is 6.26. The summed E-state index contributed by atoms with van der Waals surface area (Å²) in [6, 6.07) is -0.0799. The normalized spacial score (nSPS) is 33.7. The molecule has 0 unspecified atom stereocenters. The lowest BCUT2D eigenvalue weighted by Gasteiger charge is -2.25. The molecular formula is C7H14N2O. The molecule has 3 nitrogen and oxygen atoms in total. The molecule has 0 bridgehead atoms. The molecule has 0 aliphatic carbocycles. The van der Waals surface area contributed by atoms with E-state index in [4.69, 9.17) is 5.73 Å². The highest BCUT2D eigenvalue weighted by atomic mass is 16.1. The Morgan fingerprint density at radius 1 is 1.70 bits per heavy atom. The smallest absolute Gasteiger partial charge is 0.234 e. The van der Waals surface area contributed by atoms with Gasteiger partial charge >= 0.3 is 0 Å². The fourth-order valence-corrected chi connectivity index (χ4v) is 1.32. The molecule has 1 aliphatic rings. The van der Waals surface area contributed by atoms with Gasteiger partial charge in [0.25, 0.3) is 0 Å². The van der Waals surface area contributed by atoms with E-state index in [9.17, 15) is 4.79 Å². The number of nitrogens with two attached hydrogens (primary N) is 1. The summed E-state index contributed by atoms with van der Waals surface area (Å²) in [6.45, 7) is 3.07. The lowest BCUT2D eigenvalue weighted by atomic mass is 9.94. The number of primary amides is 1. The Labute approximate surface area is 61.0 Å². The number of carbonyl (C=O) groups is 1. The third kappa shape index (κ3) is 1.70. The van der Waals surface area contributed by atoms with E-state index in [1.54, 1.807) is 0 Å². The van der Waals surface area contributed by atoms with E-state index in [0.717, 1.165) is 19.4 Å². The zero-order valence-electron chi connectivity index (χ0n) is 6.26. The fraction of sp³-hybridized carbons (Fsp3) is 0.857. The molecule has 1 rings (SSSR count). The molecule has 58 valence electrons. The van der Waals surface area contributed by atoms with Gasteiger partial charge in [0, 0.05) is 0 Å². The lowest BCUT2D eigenvalue weighted by molar-refractivity contribution is -0.120. The van der Waals surface area contributed by atoms with Crippen molar-refractivity contribution < 1.29 is 4.79 Å². The van der Waals surface area contributed by atoms with Gasteiger partial charge in [-0.3, -0.25) is 4.79 Å². The van der Waals surface area contributed by atoms with Gasteiger partial charge in [-0.15, -0.1) is 0 Å². The molecule has 0 spiro atoms. The first-order chi connectivity index (χ1) is 4.70. The number of rotatable bonds is 1. The van der Waals surface area contributed by atoms with Gasteiger partial charge in [-0.2, -0.15) is 0 Å². The van der Waals surface area contributed by atoms with Crippen molar-refractivity contribution in [3.63, 3.8) is 0 Å². The Hall–Kier alpha value is -0.570. The summed E-state index contributed by atoms with van der Waals surface area (Å²) in [5.41, 5.74) is 5.13. The molecule has 1 aliphatic heterocycles. The number of piperidine rings is 1. The van der Waals surface area contributed by atoms with Gasteiger partial charge in [-0.05, 0) is 25.3 Å². The summed E-state index contributed by atoms with van der Waals surface area (Å²) in [5, 5.41) is 3.07. The van der Waals surface area contributed by atoms with Crippen molar-refractivity contribution in [1.82, 2.24) is 5.32 Å². The minimum absolute atomic E-state index is 0.0799. The molecule has 0 aromatic carbocycles. The molecular weight excluding hydrogens is 128 g/mol. The monoisotopic (exact) mass is 142 g/mol. The van der Waals surface area contributed by atoms with Crippen LogP contribution in [0.3, 0.4) is 0 Å². The maximum atomic E-state index is 10.7. The van der Waals surface area contributed by atoms with Crippen molar-refractivity contribution in [2.75, 3.05) is 6.54 Å². The van der Waals surface area contributed by atoms with Gasteiger partial charge in [0.05, 0.1) is 6.04 Å². The number of amides is 1. The molecule has 0 aromatic heterocycles. The van der Waals surface area contributed by atoms with E-state index in [2.05, 4.69) is 12.2 Å². The minimum Gasteiger partial charge on any atom is -0.368 e.